The number of anilines is 1. The summed E-state index contributed by atoms with van der Waals surface area (Å²) in [4.78, 5) is 16.7. The number of benzene rings is 2. The lowest BCUT2D eigenvalue weighted by Gasteiger charge is -2.11. The van der Waals surface area contributed by atoms with Gasteiger partial charge in [0.1, 0.15) is 5.75 Å². The molecule has 2 heterocycles. The van der Waals surface area contributed by atoms with Crippen molar-refractivity contribution in [3.8, 4) is 17.3 Å². The van der Waals surface area contributed by atoms with E-state index in [2.05, 4.69) is 15.5 Å². The molecule has 0 aliphatic rings. The molecule has 0 fully saturated rings. The number of furan rings is 1. The summed E-state index contributed by atoms with van der Waals surface area (Å²) in [5, 5.41) is 6.81. The summed E-state index contributed by atoms with van der Waals surface area (Å²) in [7, 11) is 0. The van der Waals surface area contributed by atoms with Crippen LogP contribution in [0, 0.1) is 6.92 Å². The first-order valence-electron chi connectivity index (χ1n) is 9.11. The second-order valence-corrected chi connectivity index (χ2v) is 6.43. The second-order valence-electron chi connectivity index (χ2n) is 6.43. The maximum atomic E-state index is 12.4. The summed E-state index contributed by atoms with van der Waals surface area (Å²) >= 11 is 0. The van der Waals surface area contributed by atoms with Crippen LogP contribution in [-0.2, 0) is 11.2 Å². The van der Waals surface area contributed by atoms with Crippen molar-refractivity contribution in [1.29, 1.82) is 0 Å². The highest BCUT2D eigenvalue weighted by atomic mass is 16.5. The van der Waals surface area contributed by atoms with Crippen molar-refractivity contribution < 1.29 is 18.5 Å². The molecule has 2 aromatic carbocycles. The Morgan fingerprint density at radius 3 is 2.72 bits per heavy atom. The van der Waals surface area contributed by atoms with Crippen molar-refractivity contribution >= 4 is 11.6 Å². The number of hydrogen-bond acceptors (Lipinski definition) is 6. The molecule has 2 aromatic heterocycles. The number of amides is 1. The topological polar surface area (TPSA) is 90.4 Å². The first-order chi connectivity index (χ1) is 14.2. The highest BCUT2D eigenvalue weighted by Crippen LogP contribution is 2.21. The molecular weight excluding hydrogens is 370 g/mol. The van der Waals surface area contributed by atoms with Gasteiger partial charge in [-0.2, -0.15) is 4.98 Å². The van der Waals surface area contributed by atoms with E-state index in [4.69, 9.17) is 13.7 Å². The van der Waals surface area contributed by atoms with Gasteiger partial charge in [0, 0.05) is 5.69 Å². The molecule has 0 saturated carbocycles. The van der Waals surface area contributed by atoms with Gasteiger partial charge in [-0.25, -0.2) is 0 Å². The third-order valence-electron chi connectivity index (χ3n) is 4.30. The van der Waals surface area contributed by atoms with Gasteiger partial charge in [0.2, 0.25) is 11.7 Å². The third kappa shape index (κ3) is 4.52. The quantitative estimate of drug-likeness (QED) is 0.508. The summed E-state index contributed by atoms with van der Waals surface area (Å²) in [6, 6.07) is 18.5. The monoisotopic (exact) mass is 389 g/mol. The van der Waals surface area contributed by atoms with Crippen LogP contribution in [-0.4, -0.2) is 22.7 Å². The molecule has 7 nitrogen and oxygen atoms in total. The minimum atomic E-state index is -0.248. The number of carbonyl (C=O) groups is 1. The van der Waals surface area contributed by atoms with E-state index in [1.807, 2.05) is 55.5 Å². The predicted molar refractivity (Wildman–Crippen MR) is 107 cm³/mol. The molecule has 0 aliphatic carbocycles. The molecule has 29 heavy (non-hydrogen) atoms. The maximum Gasteiger partial charge on any atom is 0.262 e. The first kappa shape index (κ1) is 18.5. The van der Waals surface area contributed by atoms with Gasteiger partial charge >= 0.3 is 0 Å². The normalized spacial score (nSPS) is 10.7. The fourth-order valence-corrected chi connectivity index (χ4v) is 2.84. The lowest BCUT2D eigenvalue weighted by Crippen LogP contribution is -2.21. The van der Waals surface area contributed by atoms with Gasteiger partial charge in [-0.05, 0) is 42.3 Å². The van der Waals surface area contributed by atoms with E-state index in [0.29, 0.717) is 35.3 Å². The predicted octanol–water partition coefficient (Wildman–Crippen LogP) is 4.25. The van der Waals surface area contributed by atoms with Crippen LogP contribution >= 0.6 is 0 Å². The van der Waals surface area contributed by atoms with Crippen LogP contribution in [0.1, 0.15) is 17.0 Å². The van der Waals surface area contributed by atoms with Crippen LogP contribution in [0.2, 0.25) is 0 Å². The number of ether oxygens (including phenoxy) is 1. The zero-order valence-electron chi connectivity index (χ0n) is 15.8. The molecule has 0 atom stereocenters. The Labute approximate surface area is 167 Å². The number of rotatable bonds is 7. The van der Waals surface area contributed by atoms with Gasteiger partial charge in [-0.1, -0.05) is 41.6 Å². The van der Waals surface area contributed by atoms with Gasteiger partial charge < -0.3 is 19.0 Å². The number of para-hydroxylation sites is 2. The molecule has 1 amide bonds. The molecule has 146 valence electrons. The number of hydrogen-bond donors (Lipinski definition) is 1. The van der Waals surface area contributed by atoms with Crippen LogP contribution < -0.4 is 10.1 Å². The number of aryl methyl sites for hydroxylation is 1. The Hall–Kier alpha value is -3.87. The Bertz CT molecular complexity index is 1100. The average molecular weight is 389 g/mol. The number of nitrogens with one attached hydrogen (secondary N) is 1. The molecule has 0 radical (unpaired) electrons. The Balaban J connectivity index is 1.42. The highest BCUT2D eigenvalue weighted by molar-refractivity contribution is 5.92. The molecular formula is C22H19N3O4. The van der Waals surface area contributed by atoms with Crippen LogP contribution in [0.4, 0.5) is 5.69 Å². The van der Waals surface area contributed by atoms with Gasteiger partial charge in [0.25, 0.3) is 5.91 Å². The first-order valence-corrected chi connectivity index (χ1v) is 9.11. The molecule has 4 rings (SSSR count). The Morgan fingerprint density at radius 1 is 1.07 bits per heavy atom. The molecule has 0 aliphatic heterocycles. The van der Waals surface area contributed by atoms with E-state index in [1.54, 1.807) is 18.4 Å². The van der Waals surface area contributed by atoms with Crippen molar-refractivity contribution in [2.75, 3.05) is 11.9 Å². The zero-order valence-corrected chi connectivity index (χ0v) is 15.8. The van der Waals surface area contributed by atoms with Gasteiger partial charge in [0.15, 0.2) is 12.4 Å². The standard InChI is InChI=1S/C22H19N3O4/c1-15-7-2-5-10-18(15)28-14-20(26)23-17-9-4-3-8-16(17)13-21-24-22(25-29-21)19-11-6-12-27-19/h2-12H,13-14H2,1H3,(H,23,26). The summed E-state index contributed by atoms with van der Waals surface area (Å²) in [5.74, 6) is 1.79. The Morgan fingerprint density at radius 2 is 1.90 bits per heavy atom. The summed E-state index contributed by atoms with van der Waals surface area (Å²) in [6.07, 6.45) is 1.93. The van der Waals surface area contributed by atoms with Gasteiger partial charge in [-0.3, -0.25) is 4.79 Å². The van der Waals surface area contributed by atoms with Gasteiger partial charge in [-0.15, -0.1) is 0 Å². The summed E-state index contributed by atoms with van der Waals surface area (Å²) < 4.78 is 16.2. The van der Waals surface area contributed by atoms with E-state index in [0.717, 1.165) is 11.1 Å². The van der Waals surface area contributed by atoms with E-state index in [1.165, 1.54) is 0 Å². The molecule has 7 heteroatoms. The summed E-state index contributed by atoms with van der Waals surface area (Å²) in [6.45, 7) is 1.85. The van der Waals surface area contributed by atoms with Crippen LogP contribution in [0.15, 0.2) is 75.9 Å². The zero-order chi connectivity index (χ0) is 20.1. The largest absolute Gasteiger partial charge is 0.483 e. The lowest BCUT2D eigenvalue weighted by atomic mass is 10.1. The maximum absolute atomic E-state index is 12.4. The number of nitrogens with zero attached hydrogens (tertiary/aromatic N) is 2. The summed E-state index contributed by atoms with van der Waals surface area (Å²) in [5.41, 5.74) is 2.50. The average Bonchev–Trinajstić information content (AvgIpc) is 3.41. The molecule has 0 unspecified atom stereocenters. The molecule has 0 bridgehead atoms. The minimum Gasteiger partial charge on any atom is -0.483 e. The van der Waals surface area contributed by atoms with E-state index < -0.39 is 0 Å². The molecule has 0 spiro atoms. The van der Waals surface area contributed by atoms with E-state index >= 15 is 0 Å². The Kier molecular flexibility index (Phi) is 5.38. The molecule has 0 saturated heterocycles. The van der Waals surface area contributed by atoms with Crippen LogP contribution in [0.25, 0.3) is 11.6 Å². The van der Waals surface area contributed by atoms with Crippen molar-refractivity contribution in [2.24, 2.45) is 0 Å². The van der Waals surface area contributed by atoms with E-state index in [9.17, 15) is 4.79 Å². The van der Waals surface area contributed by atoms with Crippen LogP contribution in [0.3, 0.4) is 0 Å². The second kappa shape index (κ2) is 8.43. The minimum absolute atomic E-state index is 0.0810. The SMILES string of the molecule is Cc1ccccc1OCC(=O)Nc1ccccc1Cc1nc(-c2ccco2)no1. The van der Waals surface area contributed by atoms with Crippen molar-refractivity contribution in [1.82, 2.24) is 10.1 Å². The highest BCUT2D eigenvalue weighted by Gasteiger charge is 2.14. The molecule has 4 aromatic rings. The van der Waals surface area contributed by atoms with Crippen molar-refractivity contribution in [3.05, 3.63) is 83.9 Å². The van der Waals surface area contributed by atoms with Crippen LogP contribution in [0.5, 0.6) is 5.75 Å². The smallest absolute Gasteiger partial charge is 0.262 e. The molecule has 1 N–H and O–H groups in total. The number of aromatic nitrogens is 2. The fourth-order valence-electron chi connectivity index (χ4n) is 2.84. The van der Waals surface area contributed by atoms with Crippen molar-refractivity contribution in [3.63, 3.8) is 0 Å². The van der Waals surface area contributed by atoms with Crippen molar-refractivity contribution in [2.45, 2.75) is 13.3 Å². The fraction of sp³-hybridized carbons (Fsp3) is 0.136. The lowest BCUT2D eigenvalue weighted by molar-refractivity contribution is -0.118. The third-order valence-corrected chi connectivity index (χ3v) is 4.30. The van der Waals surface area contributed by atoms with Gasteiger partial charge in [0.05, 0.1) is 12.7 Å². The number of carbonyl (C=O) groups excluding carboxylic acids is 1. The van der Waals surface area contributed by atoms with E-state index in [-0.39, 0.29) is 12.5 Å².